The van der Waals surface area contributed by atoms with Crippen molar-refractivity contribution in [2.24, 2.45) is 0 Å². The first-order valence-corrected chi connectivity index (χ1v) is 12.3. The zero-order valence-corrected chi connectivity index (χ0v) is 18.8. The molecule has 2 aliphatic rings. The molecule has 0 atom stereocenters. The van der Waals surface area contributed by atoms with E-state index in [2.05, 4.69) is 9.88 Å². The highest BCUT2D eigenvalue weighted by molar-refractivity contribution is 7.92. The van der Waals surface area contributed by atoms with E-state index in [0.717, 1.165) is 48.8 Å². The van der Waals surface area contributed by atoms with Crippen molar-refractivity contribution >= 4 is 44.7 Å². The molecule has 2 saturated heterocycles. The molecule has 0 unspecified atom stereocenters. The maximum Gasteiger partial charge on any atom is 0.290 e. The number of carboxylic acid groups (broad SMARTS) is 1. The van der Waals surface area contributed by atoms with Gasteiger partial charge < -0.3 is 19.6 Å². The Hall–Kier alpha value is -2.92. The molecule has 0 spiro atoms. The highest BCUT2D eigenvalue weighted by Crippen LogP contribution is 2.35. The largest absolute Gasteiger partial charge is 0.483 e. The average molecular weight is 465 g/mol. The first kappa shape index (κ1) is 23.7. The standard InChI is InChI=1S/C20H26N4O4S.CH2O2/c1-29(26,27)24(15-19(25)23-11-13-28-14-12-23)17-6-7-18(22-9-2-3-10-22)20-16(17)5-4-8-21-20;2-1-3/h4-8H,2-3,9-15H2,1H3;1H,(H,2,3). The number of aromatic nitrogens is 1. The molecular formula is C21H28N4O6S. The summed E-state index contributed by atoms with van der Waals surface area (Å²) in [5.41, 5.74) is 2.26. The Morgan fingerprint density at radius 3 is 2.47 bits per heavy atom. The highest BCUT2D eigenvalue weighted by Gasteiger charge is 2.27. The number of hydrogen-bond acceptors (Lipinski definition) is 7. The number of benzene rings is 1. The lowest BCUT2D eigenvalue weighted by atomic mass is 10.1. The number of anilines is 2. The van der Waals surface area contributed by atoms with Gasteiger partial charge in [-0.1, -0.05) is 0 Å². The van der Waals surface area contributed by atoms with Crippen LogP contribution in [0.1, 0.15) is 12.8 Å². The minimum absolute atomic E-state index is 0.223. The zero-order chi connectivity index (χ0) is 23.1. The number of sulfonamides is 1. The third-order valence-electron chi connectivity index (χ3n) is 5.48. The molecule has 1 N–H and O–H groups in total. The van der Waals surface area contributed by atoms with Crippen LogP contribution in [0.25, 0.3) is 10.9 Å². The van der Waals surface area contributed by atoms with E-state index in [-0.39, 0.29) is 18.9 Å². The molecule has 2 aliphatic heterocycles. The smallest absolute Gasteiger partial charge is 0.290 e. The molecule has 1 aromatic heterocycles. The normalized spacial score (nSPS) is 16.4. The van der Waals surface area contributed by atoms with Crippen molar-refractivity contribution in [1.82, 2.24) is 9.88 Å². The van der Waals surface area contributed by atoms with Gasteiger partial charge in [0.1, 0.15) is 6.54 Å². The van der Waals surface area contributed by atoms with E-state index >= 15 is 0 Å². The van der Waals surface area contributed by atoms with E-state index in [1.165, 1.54) is 4.31 Å². The molecule has 10 nitrogen and oxygen atoms in total. The maximum atomic E-state index is 12.8. The first-order valence-electron chi connectivity index (χ1n) is 10.4. The molecule has 1 amide bonds. The summed E-state index contributed by atoms with van der Waals surface area (Å²) in [5, 5.41) is 7.62. The number of amides is 1. The molecular weight excluding hydrogens is 436 g/mol. The fourth-order valence-corrected chi connectivity index (χ4v) is 4.85. The van der Waals surface area contributed by atoms with E-state index in [4.69, 9.17) is 14.6 Å². The number of rotatable bonds is 5. The van der Waals surface area contributed by atoms with E-state index < -0.39 is 10.0 Å². The summed E-state index contributed by atoms with van der Waals surface area (Å²) in [4.78, 5) is 29.6. The third-order valence-corrected chi connectivity index (χ3v) is 6.61. The quantitative estimate of drug-likeness (QED) is 0.655. The van der Waals surface area contributed by atoms with Crippen molar-refractivity contribution in [2.45, 2.75) is 12.8 Å². The summed E-state index contributed by atoms with van der Waals surface area (Å²) in [7, 11) is -3.66. The molecule has 11 heteroatoms. The zero-order valence-electron chi connectivity index (χ0n) is 18.0. The number of fused-ring (bicyclic) bond motifs is 1. The predicted octanol–water partition coefficient (Wildman–Crippen LogP) is 1.16. The van der Waals surface area contributed by atoms with Gasteiger partial charge in [-0.25, -0.2) is 8.42 Å². The number of carbonyl (C=O) groups excluding carboxylic acids is 1. The van der Waals surface area contributed by atoms with E-state index in [1.807, 2.05) is 12.1 Å². The number of ether oxygens (including phenoxy) is 1. The minimum atomic E-state index is -3.66. The van der Waals surface area contributed by atoms with Gasteiger partial charge in [0.05, 0.1) is 36.4 Å². The van der Waals surface area contributed by atoms with Gasteiger partial charge >= 0.3 is 0 Å². The predicted molar refractivity (Wildman–Crippen MR) is 121 cm³/mol. The van der Waals surface area contributed by atoms with Gasteiger partial charge in [0.25, 0.3) is 6.47 Å². The summed E-state index contributed by atoms with van der Waals surface area (Å²) < 4.78 is 31.8. The van der Waals surface area contributed by atoms with Gasteiger partial charge in [-0.2, -0.15) is 0 Å². The van der Waals surface area contributed by atoms with Crippen LogP contribution in [0, 0.1) is 0 Å². The monoisotopic (exact) mass is 464 g/mol. The number of nitrogens with zero attached hydrogens (tertiary/aromatic N) is 4. The molecule has 0 bridgehead atoms. The summed E-state index contributed by atoms with van der Waals surface area (Å²) in [5.74, 6) is -0.223. The van der Waals surface area contributed by atoms with Crippen LogP contribution in [0.4, 0.5) is 11.4 Å². The van der Waals surface area contributed by atoms with Crippen LogP contribution in [0.5, 0.6) is 0 Å². The second-order valence-electron chi connectivity index (χ2n) is 7.57. The molecule has 32 heavy (non-hydrogen) atoms. The van der Waals surface area contributed by atoms with Crippen LogP contribution >= 0.6 is 0 Å². The summed E-state index contributed by atoms with van der Waals surface area (Å²) in [6.45, 7) is 3.36. The number of pyridine rings is 1. The van der Waals surface area contributed by atoms with Crippen LogP contribution in [0.2, 0.25) is 0 Å². The van der Waals surface area contributed by atoms with Crippen LogP contribution in [0.15, 0.2) is 30.5 Å². The SMILES string of the molecule is CS(=O)(=O)N(CC(=O)N1CCOCC1)c1ccc(N2CCCC2)c2ncccc12.O=CO. The molecule has 1 aromatic carbocycles. The lowest BCUT2D eigenvalue weighted by Crippen LogP contribution is -2.47. The van der Waals surface area contributed by atoms with Crippen molar-refractivity contribution in [3.05, 3.63) is 30.5 Å². The number of hydrogen-bond donors (Lipinski definition) is 1. The Kier molecular flexibility index (Phi) is 7.86. The lowest BCUT2D eigenvalue weighted by molar-refractivity contribution is -0.133. The first-order chi connectivity index (χ1) is 15.4. The topological polar surface area (TPSA) is 120 Å². The van der Waals surface area contributed by atoms with E-state index in [9.17, 15) is 13.2 Å². The lowest BCUT2D eigenvalue weighted by Gasteiger charge is -2.30. The highest BCUT2D eigenvalue weighted by atomic mass is 32.2. The molecule has 4 rings (SSSR count). The Bertz CT molecular complexity index is 1050. The summed E-state index contributed by atoms with van der Waals surface area (Å²) in [6.07, 6.45) is 5.13. The van der Waals surface area contributed by atoms with Crippen LogP contribution < -0.4 is 9.21 Å². The molecule has 174 valence electrons. The minimum Gasteiger partial charge on any atom is -0.483 e. The van der Waals surface area contributed by atoms with E-state index in [1.54, 1.807) is 23.2 Å². The van der Waals surface area contributed by atoms with Crippen molar-refractivity contribution in [1.29, 1.82) is 0 Å². The second-order valence-corrected chi connectivity index (χ2v) is 9.47. The van der Waals surface area contributed by atoms with Crippen molar-refractivity contribution in [2.75, 3.05) is 61.4 Å². The van der Waals surface area contributed by atoms with Gasteiger partial charge in [0.2, 0.25) is 15.9 Å². The molecule has 0 saturated carbocycles. The second kappa shape index (κ2) is 10.6. The van der Waals surface area contributed by atoms with Gasteiger partial charge in [-0.3, -0.25) is 18.9 Å². The Morgan fingerprint density at radius 2 is 1.84 bits per heavy atom. The molecule has 3 heterocycles. The Balaban J connectivity index is 0.000000913. The summed E-state index contributed by atoms with van der Waals surface area (Å²) in [6, 6.07) is 7.39. The summed E-state index contributed by atoms with van der Waals surface area (Å²) >= 11 is 0. The molecule has 0 aliphatic carbocycles. The van der Waals surface area contributed by atoms with Gasteiger partial charge in [-0.05, 0) is 37.1 Å². The Morgan fingerprint density at radius 1 is 1.19 bits per heavy atom. The fraction of sp³-hybridized carbons (Fsp3) is 0.476. The number of carbonyl (C=O) groups is 2. The van der Waals surface area contributed by atoms with Gasteiger partial charge in [-0.15, -0.1) is 0 Å². The van der Waals surface area contributed by atoms with Crippen molar-refractivity contribution in [3.63, 3.8) is 0 Å². The van der Waals surface area contributed by atoms with Crippen molar-refractivity contribution < 1.29 is 27.9 Å². The molecule has 2 aromatic rings. The fourth-order valence-electron chi connectivity index (χ4n) is 3.99. The van der Waals surface area contributed by atoms with Crippen LogP contribution in [-0.4, -0.2) is 88.0 Å². The van der Waals surface area contributed by atoms with E-state index in [0.29, 0.717) is 32.0 Å². The average Bonchev–Trinajstić information content (AvgIpc) is 3.32. The molecule has 0 radical (unpaired) electrons. The molecule has 2 fully saturated rings. The maximum absolute atomic E-state index is 12.8. The van der Waals surface area contributed by atoms with Crippen LogP contribution in [-0.2, 0) is 24.3 Å². The van der Waals surface area contributed by atoms with Crippen molar-refractivity contribution in [3.8, 4) is 0 Å². The third kappa shape index (κ3) is 5.46. The number of morpholine rings is 1. The van der Waals surface area contributed by atoms with Gasteiger partial charge in [0, 0.05) is 37.8 Å². The van der Waals surface area contributed by atoms with Gasteiger partial charge in [0.15, 0.2) is 0 Å². The van der Waals surface area contributed by atoms with Crippen LogP contribution in [0.3, 0.4) is 0 Å². The Labute approximate surface area is 187 Å².